The van der Waals surface area contributed by atoms with Crippen molar-refractivity contribution in [2.24, 2.45) is 0 Å². The Morgan fingerprint density at radius 2 is 1.94 bits per heavy atom. The lowest BCUT2D eigenvalue weighted by molar-refractivity contribution is 0.140. The van der Waals surface area contributed by atoms with Crippen molar-refractivity contribution >= 4 is 16.7 Å². The molecule has 1 N–H and O–H groups in total. The molecule has 3 atom stereocenters. The van der Waals surface area contributed by atoms with E-state index in [1.54, 1.807) is 6.92 Å². The standard InChI is InChI=1S/C25H31F2N5O2/c1-14-11-18-15(2)22(25-28-16(3)31-34-25)24(30-23(18)19(26)12-14)32-8-6-21(20(27)13-32)29-17-5-4-9-33-10-7-17/h11-12,17,20-21,29H,4-10,13H2,1-3H3/t17-,20+,21-/m1/s1. The molecule has 0 radical (unpaired) electrons. The molecule has 9 heteroatoms. The van der Waals surface area contributed by atoms with E-state index in [4.69, 9.17) is 14.2 Å². The van der Waals surface area contributed by atoms with E-state index in [-0.39, 0.29) is 24.1 Å². The van der Waals surface area contributed by atoms with Crippen LogP contribution in [-0.2, 0) is 4.74 Å². The Hall–Kier alpha value is -2.65. The van der Waals surface area contributed by atoms with Gasteiger partial charge in [-0.05, 0) is 69.7 Å². The Balaban J connectivity index is 1.48. The largest absolute Gasteiger partial charge is 0.381 e. The number of aromatic nitrogens is 3. The van der Waals surface area contributed by atoms with Gasteiger partial charge in [-0.3, -0.25) is 0 Å². The first kappa shape index (κ1) is 23.1. The van der Waals surface area contributed by atoms with Gasteiger partial charge in [-0.15, -0.1) is 0 Å². The fourth-order valence-electron chi connectivity index (χ4n) is 5.14. The van der Waals surface area contributed by atoms with Crippen LogP contribution < -0.4 is 10.2 Å². The van der Waals surface area contributed by atoms with Gasteiger partial charge in [-0.1, -0.05) is 5.16 Å². The topological polar surface area (TPSA) is 76.3 Å². The summed E-state index contributed by atoms with van der Waals surface area (Å²) >= 11 is 0. The SMILES string of the molecule is Cc1cc(F)c2nc(N3CC[C@@H](N[C@@H]4CCCOCC4)[C@@H](F)C3)c(-c3nc(C)no3)c(C)c2c1. The molecule has 2 aliphatic rings. The number of fused-ring (bicyclic) bond motifs is 1. The van der Waals surface area contributed by atoms with Crippen molar-refractivity contribution in [1.29, 1.82) is 0 Å². The summed E-state index contributed by atoms with van der Waals surface area (Å²) in [4.78, 5) is 11.0. The minimum absolute atomic E-state index is 0.159. The Labute approximate surface area is 197 Å². The molecule has 0 saturated carbocycles. The van der Waals surface area contributed by atoms with Crippen molar-refractivity contribution in [2.75, 3.05) is 31.2 Å². The molecular weight excluding hydrogens is 440 g/mol. The third-order valence-electron chi connectivity index (χ3n) is 6.91. The summed E-state index contributed by atoms with van der Waals surface area (Å²) in [6.45, 7) is 7.73. The number of nitrogens with one attached hydrogen (secondary N) is 1. The zero-order valence-electron chi connectivity index (χ0n) is 19.9. The molecule has 0 amide bonds. The maximum atomic E-state index is 15.4. The molecule has 0 aliphatic carbocycles. The van der Waals surface area contributed by atoms with Gasteiger partial charge in [0, 0.05) is 37.2 Å². The van der Waals surface area contributed by atoms with Crippen molar-refractivity contribution < 1.29 is 18.0 Å². The monoisotopic (exact) mass is 471 g/mol. The molecule has 1 aromatic carbocycles. The van der Waals surface area contributed by atoms with Crippen LogP contribution in [0.15, 0.2) is 16.7 Å². The van der Waals surface area contributed by atoms with Crippen LogP contribution in [0.1, 0.15) is 42.6 Å². The highest BCUT2D eigenvalue weighted by molar-refractivity contribution is 5.93. The highest BCUT2D eigenvalue weighted by Crippen LogP contribution is 2.38. The third-order valence-corrected chi connectivity index (χ3v) is 6.91. The molecule has 182 valence electrons. The van der Waals surface area contributed by atoms with E-state index in [0.717, 1.165) is 37.0 Å². The number of pyridine rings is 1. The summed E-state index contributed by atoms with van der Waals surface area (Å²) in [7, 11) is 0. The molecule has 0 bridgehead atoms. The fourth-order valence-corrected chi connectivity index (χ4v) is 5.14. The third kappa shape index (κ3) is 4.51. The van der Waals surface area contributed by atoms with Crippen molar-refractivity contribution in [3.8, 4) is 11.5 Å². The molecule has 0 unspecified atom stereocenters. The predicted octanol–water partition coefficient (Wildman–Crippen LogP) is 4.42. The lowest BCUT2D eigenvalue weighted by Gasteiger charge is -2.38. The number of benzene rings is 1. The quantitative estimate of drug-likeness (QED) is 0.603. The summed E-state index contributed by atoms with van der Waals surface area (Å²) in [6.07, 6.45) is 2.42. The van der Waals surface area contributed by atoms with Gasteiger partial charge in [0.15, 0.2) is 5.82 Å². The van der Waals surface area contributed by atoms with Crippen LogP contribution in [0.2, 0.25) is 0 Å². The van der Waals surface area contributed by atoms with Crippen LogP contribution in [0, 0.1) is 26.6 Å². The van der Waals surface area contributed by atoms with Crippen molar-refractivity contribution in [3.63, 3.8) is 0 Å². The van der Waals surface area contributed by atoms with Crippen LogP contribution in [0.4, 0.5) is 14.6 Å². The van der Waals surface area contributed by atoms with Crippen LogP contribution in [0.5, 0.6) is 0 Å². The number of ether oxygens (including phenoxy) is 1. The minimum Gasteiger partial charge on any atom is -0.381 e. The number of alkyl halides is 1. The van der Waals surface area contributed by atoms with E-state index in [9.17, 15) is 4.39 Å². The number of aryl methyl sites for hydroxylation is 3. The first-order valence-electron chi connectivity index (χ1n) is 12.0. The van der Waals surface area contributed by atoms with Crippen LogP contribution in [-0.4, -0.2) is 59.7 Å². The molecular formula is C25H31F2N5O2. The lowest BCUT2D eigenvalue weighted by Crippen LogP contribution is -2.53. The number of halogens is 2. The van der Waals surface area contributed by atoms with Crippen LogP contribution in [0.25, 0.3) is 22.4 Å². The maximum absolute atomic E-state index is 15.4. The Bertz CT molecular complexity index is 1180. The average Bonchev–Trinajstić information content (AvgIpc) is 3.06. The van der Waals surface area contributed by atoms with Crippen molar-refractivity contribution in [3.05, 3.63) is 34.9 Å². The molecule has 2 saturated heterocycles. The molecule has 0 spiro atoms. The fraction of sp³-hybridized carbons (Fsp3) is 0.560. The summed E-state index contributed by atoms with van der Waals surface area (Å²) in [5.41, 5.74) is 2.50. The molecule has 3 aromatic rings. The molecule has 5 rings (SSSR count). The van der Waals surface area contributed by atoms with E-state index in [2.05, 4.69) is 15.5 Å². The van der Waals surface area contributed by atoms with E-state index >= 15 is 4.39 Å². The average molecular weight is 472 g/mol. The highest BCUT2D eigenvalue weighted by atomic mass is 19.1. The number of anilines is 1. The lowest BCUT2D eigenvalue weighted by atomic mass is 9.97. The molecule has 7 nitrogen and oxygen atoms in total. The number of hydrogen-bond donors (Lipinski definition) is 1. The second kappa shape index (κ2) is 9.54. The van der Waals surface area contributed by atoms with Gasteiger partial charge in [0.2, 0.25) is 0 Å². The van der Waals surface area contributed by atoms with Gasteiger partial charge in [0.1, 0.15) is 23.3 Å². The van der Waals surface area contributed by atoms with E-state index in [1.807, 2.05) is 24.8 Å². The smallest absolute Gasteiger partial charge is 0.261 e. The van der Waals surface area contributed by atoms with E-state index < -0.39 is 12.0 Å². The number of piperidine rings is 1. The highest BCUT2D eigenvalue weighted by Gasteiger charge is 2.34. The van der Waals surface area contributed by atoms with Gasteiger partial charge in [-0.2, -0.15) is 4.98 Å². The summed E-state index contributed by atoms with van der Waals surface area (Å²) in [5, 5.41) is 8.15. The van der Waals surface area contributed by atoms with Gasteiger partial charge in [0.05, 0.1) is 12.1 Å². The summed E-state index contributed by atoms with van der Waals surface area (Å²) in [6, 6.07) is 3.42. The second-order valence-corrected chi connectivity index (χ2v) is 9.49. The second-order valence-electron chi connectivity index (χ2n) is 9.49. The first-order valence-corrected chi connectivity index (χ1v) is 12.0. The molecule has 2 aliphatic heterocycles. The Morgan fingerprint density at radius 3 is 2.71 bits per heavy atom. The predicted molar refractivity (Wildman–Crippen MR) is 126 cm³/mol. The van der Waals surface area contributed by atoms with Gasteiger partial charge < -0.3 is 19.5 Å². The maximum Gasteiger partial charge on any atom is 0.261 e. The molecule has 2 fully saturated rings. The van der Waals surface area contributed by atoms with Crippen molar-refractivity contribution in [1.82, 2.24) is 20.4 Å². The number of hydrogen-bond acceptors (Lipinski definition) is 7. The number of nitrogens with zero attached hydrogens (tertiary/aromatic N) is 4. The van der Waals surface area contributed by atoms with Gasteiger partial charge in [0.25, 0.3) is 5.89 Å². The van der Waals surface area contributed by atoms with Crippen LogP contribution >= 0.6 is 0 Å². The zero-order valence-corrected chi connectivity index (χ0v) is 19.9. The summed E-state index contributed by atoms with van der Waals surface area (Å²) < 4.78 is 41.4. The van der Waals surface area contributed by atoms with Crippen molar-refractivity contribution in [2.45, 2.75) is 64.7 Å². The normalized spacial score (nSPS) is 23.9. The first-order chi connectivity index (χ1) is 16.4. The molecule has 4 heterocycles. The summed E-state index contributed by atoms with van der Waals surface area (Å²) in [5.74, 6) is 0.905. The molecule has 2 aromatic heterocycles. The Morgan fingerprint density at radius 1 is 1.09 bits per heavy atom. The van der Waals surface area contributed by atoms with E-state index in [0.29, 0.717) is 48.1 Å². The minimum atomic E-state index is -1.09. The van der Waals surface area contributed by atoms with Gasteiger partial charge >= 0.3 is 0 Å². The number of rotatable bonds is 4. The Kier molecular flexibility index (Phi) is 6.48. The zero-order chi connectivity index (χ0) is 23.8. The van der Waals surface area contributed by atoms with Crippen LogP contribution in [0.3, 0.4) is 0 Å². The van der Waals surface area contributed by atoms with E-state index in [1.165, 1.54) is 6.07 Å². The molecule has 34 heavy (non-hydrogen) atoms. The van der Waals surface area contributed by atoms with Gasteiger partial charge in [-0.25, -0.2) is 13.8 Å².